The fourth-order valence-electron chi connectivity index (χ4n) is 4.43. The molecule has 3 rings (SSSR count). The van der Waals surface area contributed by atoms with Crippen molar-refractivity contribution in [1.82, 2.24) is 10.6 Å². The van der Waals surface area contributed by atoms with E-state index in [9.17, 15) is 9.59 Å². The first-order chi connectivity index (χ1) is 12.4. The number of fused-ring (bicyclic) bond motifs is 2. The Hall–Kier alpha value is -1.79. The Bertz CT molecular complexity index is 653. The van der Waals surface area contributed by atoms with Crippen molar-refractivity contribution in [1.29, 1.82) is 0 Å². The predicted molar refractivity (Wildman–Crippen MR) is 110 cm³/mol. The molecule has 0 radical (unpaired) electrons. The van der Waals surface area contributed by atoms with Crippen molar-refractivity contribution in [2.75, 3.05) is 5.32 Å². The number of urea groups is 1. The molecule has 150 valence electrons. The molecule has 27 heavy (non-hydrogen) atoms. The SMILES string of the molecule is CC(C)NC(=O)Nc1cccc(C(=O)NC2C3CCCC2CC(N)C3)c1.Cl. The molecule has 2 fully saturated rings. The van der Waals surface area contributed by atoms with Gasteiger partial charge in [0, 0.05) is 29.4 Å². The minimum atomic E-state index is -0.270. The van der Waals surface area contributed by atoms with Crippen LogP contribution in [0.1, 0.15) is 56.3 Å². The topological polar surface area (TPSA) is 96.2 Å². The molecular weight excluding hydrogens is 364 g/mol. The van der Waals surface area contributed by atoms with Crippen molar-refractivity contribution in [3.05, 3.63) is 29.8 Å². The van der Waals surface area contributed by atoms with Crippen LogP contribution in [0.3, 0.4) is 0 Å². The molecule has 6 nitrogen and oxygen atoms in total. The number of nitrogens with one attached hydrogen (secondary N) is 3. The molecule has 2 unspecified atom stereocenters. The fraction of sp³-hybridized carbons (Fsp3) is 0.600. The zero-order chi connectivity index (χ0) is 18.7. The Morgan fingerprint density at radius 3 is 2.44 bits per heavy atom. The van der Waals surface area contributed by atoms with Crippen molar-refractivity contribution in [3.8, 4) is 0 Å². The summed E-state index contributed by atoms with van der Waals surface area (Å²) in [4.78, 5) is 24.6. The Balaban J connectivity index is 0.00000261. The highest BCUT2D eigenvalue weighted by Gasteiger charge is 2.39. The van der Waals surface area contributed by atoms with Crippen LogP contribution < -0.4 is 21.7 Å². The third kappa shape index (κ3) is 5.59. The molecule has 2 aliphatic carbocycles. The smallest absolute Gasteiger partial charge is 0.319 e. The number of carbonyl (C=O) groups excluding carboxylic acids is 2. The number of hydrogen-bond acceptors (Lipinski definition) is 3. The van der Waals surface area contributed by atoms with Gasteiger partial charge in [0.2, 0.25) is 0 Å². The van der Waals surface area contributed by atoms with Gasteiger partial charge in [-0.1, -0.05) is 12.5 Å². The minimum Gasteiger partial charge on any atom is -0.349 e. The molecule has 0 aromatic heterocycles. The van der Waals surface area contributed by atoms with E-state index < -0.39 is 0 Å². The van der Waals surface area contributed by atoms with E-state index in [1.807, 2.05) is 13.8 Å². The molecule has 0 aliphatic heterocycles. The zero-order valence-electron chi connectivity index (χ0n) is 16.0. The van der Waals surface area contributed by atoms with Crippen LogP contribution in [0.2, 0.25) is 0 Å². The summed E-state index contributed by atoms with van der Waals surface area (Å²) in [6.45, 7) is 3.80. The molecule has 0 saturated heterocycles. The van der Waals surface area contributed by atoms with Crippen LogP contribution in [-0.2, 0) is 0 Å². The second-order valence-electron chi connectivity index (χ2n) is 8.02. The molecule has 2 bridgehead atoms. The number of rotatable bonds is 4. The average molecular weight is 395 g/mol. The summed E-state index contributed by atoms with van der Waals surface area (Å²) >= 11 is 0. The van der Waals surface area contributed by atoms with Gasteiger partial charge >= 0.3 is 6.03 Å². The number of amides is 3. The molecular formula is C20H31ClN4O2. The highest BCUT2D eigenvalue weighted by atomic mass is 35.5. The lowest BCUT2D eigenvalue weighted by atomic mass is 9.67. The lowest BCUT2D eigenvalue weighted by Crippen LogP contribution is -2.53. The number of carbonyl (C=O) groups is 2. The fourth-order valence-corrected chi connectivity index (χ4v) is 4.43. The van der Waals surface area contributed by atoms with E-state index >= 15 is 0 Å². The van der Waals surface area contributed by atoms with Crippen LogP contribution in [0.25, 0.3) is 0 Å². The summed E-state index contributed by atoms with van der Waals surface area (Å²) in [5.41, 5.74) is 7.35. The van der Waals surface area contributed by atoms with Crippen LogP contribution in [0.4, 0.5) is 10.5 Å². The van der Waals surface area contributed by atoms with E-state index in [1.54, 1.807) is 24.3 Å². The van der Waals surface area contributed by atoms with Crippen LogP contribution in [0.15, 0.2) is 24.3 Å². The predicted octanol–water partition coefficient (Wildman–Crippen LogP) is 3.27. The van der Waals surface area contributed by atoms with Crippen molar-refractivity contribution in [2.24, 2.45) is 17.6 Å². The molecule has 2 atom stereocenters. The lowest BCUT2D eigenvalue weighted by molar-refractivity contribution is 0.0756. The number of hydrogen-bond donors (Lipinski definition) is 4. The highest BCUT2D eigenvalue weighted by Crippen LogP contribution is 2.39. The maximum Gasteiger partial charge on any atom is 0.319 e. The van der Waals surface area contributed by atoms with E-state index in [-0.39, 0.29) is 42.5 Å². The van der Waals surface area contributed by atoms with Crippen LogP contribution in [-0.4, -0.2) is 30.1 Å². The molecule has 7 heteroatoms. The maximum atomic E-state index is 12.8. The first-order valence-electron chi connectivity index (χ1n) is 9.66. The van der Waals surface area contributed by atoms with Gasteiger partial charge in [0.25, 0.3) is 5.91 Å². The van der Waals surface area contributed by atoms with Gasteiger partial charge in [-0.15, -0.1) is 12.4 Å². The van der Waals surface area contributed by atoms with Crippen LogP contribution in [0, 0.1) is 11.8 Å². The number of halogens is 1. The van der Waals surface area contributed by atoms with Gasteiger partial charge in [-0.05, 0) is 69.6 Å². The second kappa shape index (κ2) is 9.42. The van der Waals surface area contributed by atoms with Gasteiger partial charge < -0.3 is 21.7 Å². The molecule has 2 aliphatic rings. The summed E-state index contributed by atoms with van der Waals surface area (Å²) < 4.78 is 0. The Kier molecular flexibility index (Phi) is 7.50. The third-order valence-electron chi connectivity index (χ3n) is 5.48. The first kappa shape index (κ1) is 21.5. The summed E-state index contributed by atoms with van der Waals surface area (Å²) in [6.07, 6.45) is 5.52. The van der Waals surface area contributed by atoms with Crippen molar-refractivity contribution < 1.29 is 9.59 Å². The van der Waals surface area contributed by atoms with Gasteiger partial charge in [-0.3, -0.25) is 4.79 Å². The van der Waals surface area contributed by atoms with E-state index in [2.05, 4.69) is 16.0 Å². The number of benzene rings is 1. The molecule has 1 aromatic rings. The number of anilines is 1. The highest BCUT2D eigenvalue weighted by molar-refractivity contribution is 5.97. The second-order valence-corrected chi connectivity index (χ2v) is 8.02. The number of nitrogens with two attached hydrogens (primary N) is 1. The maximum absolute atomic E-state index is 12.8. The van der Waals surface area contributed by atoms with E-state index in [1.165, 1.54) is 6.42 Å². The van der Waals surface area contributed by atoms with Crippen LogP contribution >= 0.6 is 12.4 Å². The van der Waals surface area contributed by atoms with E-state index in [4.69, 9.17) is 5.73 Å². The zero-order valence-corrected chi connectivity index (χ0v) is 16.9. The van der Waals surface area contributed by atoms with Crippen molar-refractivity contribution in [3.63, 3.8) is 0 Å². The van der Waals surface area contributed by atoms with E-state index in [0.29, 0.717) is 23.1 Å². The third-order valence-corrected chi connectivity index (χ3v) is 5.48. The van der Waals surface area contributed by atoms with Gasteiger partial charge in [-0.2, -0.15) is 0 Å². The van der Waals surface area contributed by atoms with Crippen molar-refractivity contribution >= 4 is 30.0 Å². The Labute approximate surface area is 167 Å². The standard InChI is InChI=1S/C20H30N4O2.ClH/c1-12(2)22-20(26)23-17-8-4-7-15(11-17)19(25)24-18-13-5-3-6-14(18)10-16(21)9-13;/h4,7-8,11-14,16,18H,3,5-6,9-10,21H2,1-2H3,(H,24,25)(H2,22,23,26);1H. The summed E-state index contributed by atoms with van der Waals surface area (Å²) in [6, 6.07) is 7.35. The Morgan fingerprint density at radius 1 is 1.15 bits per heavy atom. The van der Waals surface area contributed by atoms with Crippen molar-refractivity contribution in [2.45, 2.75) is 64.1 Å². The first-order valence-corrected chi connectivity index (χ1v) is 9.66. The molecule has 0 spiro atoms. The Morgan fingerprint density at radius 2 is 1.81 bits per heavy atom. The largest absolute Gasteiger partial charge is 0.349 e. The molecule has 1 aromatic carbocycles. The summed E-state index contributed by atoms with van der Waals surface area (Å²) in [7, 11) is 0. The quantitative estimate of drug-likeness (QED) is 0.631. The lowest BCUT2D eigenvalue weighted by Gasteiger charge is -2.45. The van der Waals surface area contributed by atoms with Crippen LogP contribution in [0.5, 0.6) is 0 Å². The van der Waals surface area contributed by atoms with Gasteiger partial charge in [0.05, 0.1) is 0 Å². The summed E-state index contributed by atoms with van der Waals surface area (Å²) in [5.74, 6) is 0.898. The van der Waals surface area contributed by atoms with Gasteiger partial charge in [-0.25, -0.2) is 4.79 Å². The summed E-state index contributed by atoms with van der Waals surface area (Å²) in [5, 5.41) is 8.79. The molecule has 0 heterocycles. The average Bonchev–Trinajstić information content (AvgIpc) is 2.55. The molecule has 5 N–H and O–H groups in total. The van der Waals surface area contributed by atoms with Gasteiger partial charge in [0.1, 0.15) is 0 Å². The molecule has 3 amide bonds. The van der Waals surface area contributed by atoms with E-state index in [0.717, 1.165) is 25.7 Å². The molecule has 2 saturated carbocycles. The minimum absolute atomic E-state index is 0. The van der Waals surface area contributed by atoms with Gasteiger partial charge in [0.15, 0.2) is 0 Å². The normalized spacial score (nSPS) is 26.7. The monoisotopic (exact) mass is 394 g/mol.